The summed E-state index contributed by atoms with van der Waals surface area (Å²) in [4.78, 5) is 6.06. The number of pyridine rings is 1. The Morgan fingerprint density at radius 3 is 2.88 bits per heavy atom. The van der Waals surface area contributed by atoms with Crippen molar-refractivity contribution in [2.45, 2.75) is 6.54 Å². The third kappa shape index (κ3) is 2.20. The predicted molar refractivity (Wildman–Crippen MR) is 59.8 cm³/mol. The molecule has 4 nitrogen and oxygen atoms in total. The van der Waals surface area contributed by atoms with E-state index in [1.54, 1.807) is 24.8 Å². The normalized spacial score (nSPS) is 9.75. The molecule has 0 aliphatic heterocycles. The molecule has 2 rings (SSSR count). The largest absolute Gasteiger partial charge is 0.472 e. The summed E-state index contributed by atoms with van der Waals surface area (Å²) < 4.78 is 5.00. The van der Waals surface area contributed by atoms with Gasteiger partial charge in [-0.25, -0.2) is 4.98 Å². The molecule has 0 radical (unpaired) electrons. The van der Waals surface area contributed by atoms with Crippen LogP contribution in [0.5, 0.6) is 0 Å². The Kier molecular flexibility index (Phi) is 2.88. The second-order valence-corrected chi connectivity index (χ2v) is 3.50. The molecule has 0 amide bonds. The van der Waals surface area contributed by atoms with Gasteiger partial charge in [-0.2, -0.15) is 5.26 Å². The number of hydrogen-bond acceptors (Lipinski definition) is 4. The molecule has 2 heterocycles. The lowest BCUT2D eigenvalue weighted by molar-refractivity contribution is 0.563. The molecule has 0 spiro atoms. The zero-order valence-electron chi connectivity index (χ0n) is 8.92. The van der Waals surface area contributed by atoms with Gasteiger partial charge in [0.2, 0.25) is 0 Å². The maximum absolute atomic E-state index is 8.64. The Hall–Kier alpha value is -2.28. The molecular formula is C12H11N3O. The van der Waals surface area contributed by atoms with E-state index in [0.29, 0.717) is 5.69 Å². The first kappa shape index (κ1) is 10.2. The van der Waals surface area contributed by atoms with Crippen LogP contribution in [-0.4, -0.2) is 12.0 Å². The summed E-state index contributed by atoms with van der Waals surface area (Å²) in [6.07, 6.45) is 5.06. The van der Waals surface area contributed by atoms with Crippen LogP contribution in [0.25, 0.3) is 0 Å². The Balaban J connectivity index is 2.09. The van der Waals surface area contributed by atoms with Gasteiger partial charge in [-0.3, -0.25) is 0 Å². The lowest BCUT2D eigenvalue weighted by Gasteiger charge is -2.17. The SMILES string of the molecule is CN(Cc1ccoc1)c1ccc(C#N)nc1. The van der Waals surface area contributed by atoms with E-state index < -0.39 is 0 Å². The second kappa shape index (κ2) is 4.49. The van der Waals surface area contributed by atoms with Crippen molar-refractivity contribution in [2.75, 3.05) is 11.9 Å². The maximum Gasteiger partial charge on any atom is 0.140 e. The monoisotopic (exact) mass is 213 g/mol. The highest BCUT2D eigenvalue weighted by molar-refractivity contribution is 5.45. The highest BCUT2D eigenvalue weighted by atomic mass is 16.3. The van der Waals surface area contributed by atoms with Gasteiger partial charge in [0.15, 0.2) is 0 Å². The van der Waals surface area contributed by atoms with Crippen LogP contribution in [0.4, 0.5) is 5.69 Å². The second-order valence-electron chi connectivity index (χ2n) is 3.50. The topological polar surface area (TPSA) is 53.1 Å². The average molecular weight is 213 g/mol. The van der Waals surface area contributed by atoms with Crippen LogP contribution in [-0.2, 0) is 6.54 Å². The third-order valence-corrected chi connectivity index (χ3v) is 2.30. The number of nitrogens with zero attached hydrogens (tertiary/aromatic N) is 3. The van der Waals surface area contributed by atoms with E-state index >= 15 is 0 Å². The standard InChI is InChI=1S/C12H11N3O/c1-15(8-10-4-5-16-9-10)12-3-2-11(6-13)14-7-12/h2-5,7,9H,8H2,1H3. The van der Waals surface area contributed by atoms with Crippen molar-refractivity contribution in [3.05, 3.63) is 48.2 Å². The minimum absolute atomic E-state index is 0.431. The molecule has 0 saturated heterocycles. The molecule has 0 N–H and O–H groups in total. The molecule has 0 bridgehead atoms. The summed E-state index contributed by atoms with van der Waals surface area (Å²) in [6.45, 7) is 0.754. The molecular weight excluding hydrogens is 202 g/mol. The summed E-state index contributed by atoms with van der Waals surface area (Å²) in [5, 5.41) is 8.64. The quantitative estimate of drug-likeness (QED) is 0.784. The Bertz CT molecular complexity index is 482. The van der Waals surface area contributed by atoms with E-state index in [1.807, 2.05) is 30.1 Å². The van der Waals surface area contributed by atoms with Crippen molar-refractivity contribution in [1.29, 1.82) is 5.26 Å². The molecule has 2 aromatic heterocycles. The van der Waals surface area contributed by atoms with Crippen molar-refractivity contribution in [2.24, 2.45) is 0 Å². The van der Waals surface area contributed by atoms with Crippen molar-refractivity contribution in [3.8, 4) is 6.07 Å². The van der Waals surface area contributed by atoms with Gasteiger partial charge in [-0.15, -0.1) is 0 Å². The van der Waals surface area contributed by atoms with E-state index in [1.165, 1.54) is 0 Å². The molecule has 0 saturated carbocycles. The molecule has 0 fully saturated rings. The number of furan rings is 1. The molecule has 0 atom stereocenters. The van der Waals surface area contributed by atoms with Crippen LogP contribution in [0.15, 0.2) is 41.3 Å². The number of hydrogen-bond donors (Lipinski definition) is 0. The molecule has 4 heteroatoms. The third-order valence-electron chi connectivity index (χ3n) is 2.30. The van der Waals surface area contributed by atoms with E-state index in [0.717, 1.165) is 17.8 Å². The Labute approximate surface area is 93.7 Å². The number of nitriles is 1. The fourth-order valence-corrected chi connectivity index (χ4v) is 1.43. The van der Waals surface area contributed by atoms with Crippen molar-refractivity contribution >= 4 is 5.69 Å². The molecule has 0 aliphatic carbocycles. The van der Waals surface area contributed by atoms with Crippen LogP contribution < -0.4 is 4.90 Å². The van der Waals surface area contributed by atoms with Crippen LogP contribution in [0.1, 0.15) is 11.3 Å². The summed E-state index contributed by atoms with van der Waals surface area (Å²) in [7, 11) is 1.97. The van der Waals surface area contributed by atoms with Gasteiger partial charge < -0.3 is 9.32 Å². The first-order valence-electron chi connectivity index (χ1n) is 4.88. The first-order valence-corrected chi connectivity index (χ1v) is 4.88. The first-order chi connectivity index (χ1) is 7.79. The summed E-state index contributed by atoms with van der Waals surface area (Å²) in [6, 6.07) is 7.51. The van der Waals surface area contributed by atoms with Gasteiger partial charge in [0.05, 0.1) is 24.4 Å². The lowest BCUT2D eigenvalue weighted by Crippen LogP contribution is -2.16. The van der Waals surface area contributed by atoms with Crippen LogP contribution in [0.2, 0.25) is 0 Å². The van der Waals surface area contributed by atoms with E-state index in [-0.39, 0.29) is 0 Å². The fraction of sp³-hybridized carbons (Fsp3) is 0.167. The van der Waals surface area contributed by atoms with Crippen molar-refractivity contribution in [1.82, 2.24) is 4.98 Å². The molecule has 0 aromatic carbocycles. The smallest absolute Gasteiger partial charge is 0.140 e. The van der Waals surface area contributed by atoms with Crippen LogP contribution in [0, 0.1) is 11.3 Å². The Morgan fingerprint density at radius 2 is 2.31 bits per heavy atom. The fourth-order valence-electron chi connectivity index (χ4n) is 1.43. The van der Waals surface area contributed by atoms with Crippen LogP contribution in [0.3, 0.4) is 0 Å². The number of anilines is 1. The van der Waals surface area contributed by atoms with Gasteiger partial charge in [0.1, 0.15) is 11.8 Å². The maximum atomic E-state index is 8.64. The van der Waals surface area contributed by atoms with Gasteiger partial charge in [0, 0.05) is 19.2 Å². The van der Waals surface area contributed by atoms with E-state index in [4.69, 9.17) is 9.68 Å². The summed E-state index contributed by atoms with van der Waals surface area (Å²) in [5.74, 6) is 0. The number of rotatable bonds is 3. The van der Waals surface area contributed by atoms with Crippen molar-refractivity contribution in [3.63, 3.8) is 0 Å². The number of aromatic nitrogens is 1. The highest BCUT2D eigenvalue weighted by Gasteiger charge is 2.03. The van der Waals surface area contributed by atoms with Gasteiger partial charge in [-0.05, 0) is 18.2 Å². The minimum Gasteiger partial charge on any atom is -0.472 e. The lowest BCUT2D eigenvalue weighted by atomic mass is 10.3. The average Bonchev–Trinajstić information content (AvgIpc) is 2.82. The molecule has 0 unspecified atom stereocenters. The summed E-state index contributed by atoms with van der Waals surface area (Å²) in [5.41, 5.74) is 2.51. The molecule has 2 aromatic rings. The molecule has 16 heavy (non-hydrogen) atoms. The van der Waals surface area contributed by atoms with Crippen molar-refractivity contribution < 1.29 is 4.42 Å². The van der Waals surface area contributed by atoms with E-state index in [2.05, 4.69) is 4.98 Å². The predicted octanol–water partition coefficient (Wildman–Crippen LogP) is 2.18. The molecule has 80 valence electrons. The van der Waals surface area contributed by atoms with E-state index in [9.17, 15) is 0 Å². The zero-order chi connectivity index (χ0) is 11.4. The van der Waals surface area contributed by atoms with Gasteiger partial charge in [0.25, 0.3) is 0 Å². The molecule has 0 aliphatic rings. The highest BCUT2D eigenvalue weighted by Crippen LogP contribution is 2.14. The van der Waals surface area contributed by atoms with Crippen LogP contribution >= 0.6 is 0 Å². The Morgan fingerprint density at radius 1 is 1.44 bits per heavy atom. The van der Waals surface area contributed by atoms with Gasteiger partial charge >= 0.3 is 0 Å². The van der Waals surface area contributed by atoms with Gasteiger partial charge in [-0.1, -0.05) is 0 Å². The summed E-state index contributed by atoms with van der Waals surface area (Å²) >= 11 is 0. The minimum atomic E-state index is 0.431. The zero-order valence-corrected chi connectivity index (χ0v) is 8.92.